The Hall–Kier alpha value is -6.52. The molecule has 0 amide bonds. The summed E-state index contributed by atoms with van der Waals surface area (Å²) in [5.74, 6) is 0.662. The summed E-state index contributed by atoms with van der Waals surface area (Å²) in [5, 5.41) is 4.55. The molecule has 3 aromatic heterocycles. The lowest BCUT2D eigenvalue weighted by Crippen LogP contribution is -2.15. The summed E-state index contributed by atoms with van der Waals surface area (Å²) in [6, 6.07) is 50.0. The first-order valence-electron chi connectivity index (χ1n) is 18.4. The van der Waals surface area contributed by atoms with E-state index < -0.39 is 0 Å². The fourth-order valence-electron chi connectivity index (χ4n) is 8.50. The van der Waals surface area contributed by atoms with Gasteiger partial charge in [0.2, 0.25) is 5.95 Å². The van der Waals surface area contributed by atoms with E-state index in [0.29, 0.717) is 5.95 Å². The molecular formula is C49H38N4. The Morgan fingerprint density at radius 3 is 2.13 bits per heavy atom. The molecule has 0 spiro atoms. The van der Waals surface area contributed by atoms with E-state index in [1.165, 1.54) is 44.2 Å². The highest BCUT2D eigenvalue weighted by molar-refractivity contribution is 6.18. The fraction of sp³-hybridized carbons (Fsp3) is 0.102. The first-order chi connectivity index (χ1) is 25.9. The maximum atomic E-state index is 5.42. The average molecular weight is 683 g/mol. The van der Waals surface area contributed by atoms with Crippen LogP contribution in [0, 0.1) is 0 Å². The molecule has 0 radical (unpaired) electrons. The average Bonchev–Trinajstić information content (AvgIpc) is 3.84. The van der Waals surface area contributed by atoms with Crippen molar-refractivity contribution in [3.63, 3.8) is 0 Å². The molecule has 10 rings (SSSR count). The Morgan fingerprint density at radius 2 is 1.32 bits per heavy atom. The van der Waals surface area contributed by atoms with Crippen LogP contribution in [0.3, 0.4) is 0 Å². The van der Waals surface area contributed by atoms with Crippen molar-refractivity contribution in [3.05, 3.63) is 175 Å². The van der Waals surface area contributed by atoms with Gasteiger partial charge in [-0.2, -0.15) is 0 Å². The van der Waals surface area contributed by atoms with Crippen molar-refractivity contribution < 1.29 is 0 Å². The van der Waals surface area contributed by atoms with Gasteiger partial charge in [0.15, 0.2) is 0 Å². The second kappa shape index (κ2) is 11.8. The lowest BCUT2D eigenvalue weighted by atomic mass is 9.81. The van der Waals surface area contributed by atoms with E-state index in [1.54, 1.807) is 0 Å². The van der Waals surface area contributed by atoms with Crippen LogP contribution in [0.4, 0.5) is 0 Å². The molecule has 0 unspecified atom stereocenters. The van der Waals surface area contributed by atoms with Gasteiger partial charge in [0.05, 0.1) is 27.8 Å². The molecule has 0 fully saturated rings. The molecule has 0 saturated carbocycles. The zero-order chi connectivity index (χ0) is 35.8. The number of fused-ring (bicyclic) bond motifs is 7. The van der Waals surface area contributed by atoms with Gasteiger partial charge in [-0.3, -0.25) is 4.57 Å². The van der Waals surface area contributed by atoms with Crippen LogP contribution in [0.1, 0.15) is 38.8 Å². The molecule has 3 heterocycles. The van der Waals surface area contributed by atoms with Gasteiger partial charge < -0.3 is 4.57 Å². The van der Waals surface area contributed by atoms with E-state index in [2.05, 4.69) is 195 Å². The van der Waals surface area contributed by atoms with Crippen LogP contribution in [-0.4, -0.2) is 19.1 Å². The van der Waals surface area contributed by atoms with Crippen molar-refractivity contribution in [2.75, 3.05) is 0 Å². The number of para-hydroxylation sites is 3. The smallest absolute Gasteiger partial charge is 0.235 e. The van der Waals surface area contributed by atoms with Gasteiger partial charge in [-0.15, -0.1) is 0 Å². The highest BCUT2D eigenvalue weighted by Crippen LogP contribution is 2.48. The van der Waals surface area contributed by atoms with Gasteiger partial charge in [-0.25, -0.2) is 9.97 Å². The van der Waals surface area contributed by atoms with Crippen molar-refractivity contribution in [2.24, 2.45) is 0 Å². The first-order valence-corrected chi connectivity index (χ1v) is 18.4. The maximum Gasteiger partial charge on any atom is 0.235 e. The van der Waals surface area contributed by atoms with Crippen molar-refractivity contribution in [2.45, 2.75) is 33.1 Å². The molecule has 1 aliphatic carbocycles. The highest BCUT2D eigenvalue weighted by atomic mass is 15.2. The van der Waals surface area contributed by atoms with Crippen molar-refractivity contribution in [1.29, 1.82) is 0 Å². The zero-order valence-corrected chi connectivity index (χ0v) is 30.3. The molecule has 0 atom stereocenters. The van der Waals surface area contributed by atoms with Gasteiger partial charge in [-0.05, 0) is 84.1 Å². The number of rotatable bonds is 5. The minimum absolute atomic E-state index is 0.0149. The molecule has 0 saturated heterocycles. The maximum absolute atomic E-state index is 5.42. The number of hydrogen-bond acceptors (Lipinski definition) is 2. The van der Waals surface area contributed by atoms with Gasteiger partial charge in [-0.1, -0.05) is 129 Å². The summed E-state index contributed by atoms with van der Waals surface area (Å²) in [6.07, 6.45) is 6.56. The molecular weight excluding hydrogens is 645 g/mol. The molecule has 0 aliphatic heterocycles. The summed E-state index contributed by atoms with van der Waals surface area (Å²) in [4.78, 5) is 10.7. The summed E-state index contributed by atoms with van der Waals surface area (Å²) < 4.78 is 4.52. The second-order valence-electron chi connectivity index (χ2n) is 14.7. The normalized spacial score (nSPS) is 14.0. The minimum Gasteiger partial charge on any atom is -0.316 e. The van der Waals surface area contributed by atoms with Crippen molar-refractivity contribution >= 4 is 49.2 Å². The second-order valence-corrected chi connectivity index (χ2v) is 14.7. The zero-order valence-electron chi connectivity index (χ0n) is 30.3. The third kappa shape index (κ3) is 4.68. The summed E-state index contributed by atoms with van der Waals surface area (Å²) in [5.41, 5.74) is 15.2. The molecule has 6 aromatic carbocycles. The lowest BCUT2D eigenvalue weighted by Gasteiger charge is -2.23. The number of allylic oxidation sites excluding steroid dienone is 4. The Balaban J connectivity index is 1.13. The van der Waals surface area contributed by atoms with E-state index in [-0.39, 0.29) is 5.41 Å². The molecule has 254 valence electrons. The summed E-state index contributed by atoms with van der Waals surface area (Å²) >= 11 is 0. The Bertz CT molecular complexity index is 2970. The minimum atomic E-state index is -0.0149. The molecule has 53 heavy (non-hydrogen) atoms. The van der Waals surface area contributed by atoms with Crippen LogP contribution in [0.15, 0.2) is 163 Å². The van der Waals surface area contributed by atoms with E-state index in [0.717, 1.165) is 49.8 Å². The quantitative estimate of drug-likeness (QED) is 0.181. The summed E-state index contributed by atoms with van der Waals surface area (Å²) in [6.45, 7) is 9.04. The Morgan fingerprint density at radius 1 is 0.604 bits per heavy atom. The van der Waals surface area contributed by atoms with Crippen LogP contribution >= 0.6 is 0 Å². The van der Waals surface area contributed by atoms with Crippen molar-refractivity contribution in [3.8, 4) is 34.0 Å². The van der Waals surface area contributed by atoms with E-state index >= 15 is 0 Å². The van der Waals surface area contributed by atoms with Crippen molar-refractivity contribution in [1.82, 2.24) is 19.1 Å². The number of nitrogens with zero attached hydrogens (tertiary/aromatic N) is 4. The van der Waals surface area contributed by atoms with E-state index in [9.17, 15) is 0 Å². The molecule has 9 aromatic rings. The Kier molecular flexibility index (Phi) is 6.93. The topological polar surface area (TPSA) is 35.6 Å². The van der Waals surface area contributed by atoms with Gasteiger partial charge in [0.25, 0.3) is 0 Å². The number of aromatic nitrogens is 4. The number of benzene rings is 6. The van der Waals surface area contributed by atoms with Gasteiger partial charge in [0, 0.05) is 44.4 Å². The number of hydrogen-bond donors (Lipinski definition) is 0. The van der Waals surface area contributed by atoms with Crippen LogP contribution in [0.5, 0.6) is 0 Å². The molecule has 0 N–H and O–H groups in total. The predicted molar refractivity (Wildman–Crippen MR) is 222 cm³/mol. The first kappa shape index (κ1) is 31.2. The molecule has 4 heteroatoms. The molecule has 0 bridgehead atoms. The van der Waals surface area contributed by atoms with Gasteiger partial charge >= 0.3 is 0 Å². The van der Waals surface area contributed by atoms with Crippen LogP contribution in [0.2, 0.25) is 0 Å². The summed E-state index contributed by atoms with van der Waals surface area (Å²) in [7, 11) is 0. The van der Waals surface area contributed by atoms with E-state index in [1.807, 2.05) is 0 Å². The third-order valence-corrected chi connectivity index (χ3v) is 11.5. The molecule has 1 aliphatic rings. The SMILES string of the molecule is CC=CC1=C(C)C(C)(C)c2cc(-c3ccc(-c4nc(-n5c6ccccc6c6ccc7c(ccn7-c7ccccc7)c65)nc5ccccc45)cc3)ccc21. The van der Waals surface area contributed by atoms with Gasteiger partial charge in [0.1, 0.15) is 0 Å². The lowest BCUT2D eigenvalue weighted by molar-refractivity contribution is 0.639. The van der Waals surface area contributed by atoms with Crippen LogP contribution in [0.25, 0.3) is 83.2 Å². The largest absolute Gasteiger partial charge is 0.316 e. The monoisotopic (exact) mass is 682 g/mol. The highest BCUT2D eigenvalue weighted by Gasteiger charge is 2.34. The third-order valence-electron chi connectivity index (χ3n) is 11.5. The van der Waals surface area contributed by atoms with Crippen LogP contribution in [-0.2, 0) is 5.41 Å². The Labute approximate surface area is 309 Å². The standard InChI is InChI=1S/C49H38N4/c1-5-13-36-31(2)49(3,4)42-30-34(24-25-37(36)42)32-20-22-33(23-21-32)46-40-17-9-11-18-43(40)50-48(51-46)53-45-19-12-10-16-38(45)39-26-27-44-41(47(39)53)28-29-52(44)35-14-7-6-8-15-35/h5-30H,1-4H3. The molecule has 4 nitrogen and oxygen atoms in total. The predicted octanol–water partition coefficient (Wildman–Crippen LogP) is 12.6. The fourth-order valence-corrected chi connectivity index (χ4v) is 8.50. The van der Waals surface area contributed by atoms with Crippen LogP contribution < -0.4 is 0 Å². The van der Waals surface area contributed by atoms with E-state index in [4.69, 9.17) is 9.97 Å².